The summed E-state index contributed by atoms with van der Waals surface area (Å²) in [5.74, 6) is -0.563. The van der Waals surface area contributed by atoms with Gasteiger partial charge in [0.05, 0.1) is 13.2 Å². The van der Waals surface area contributed by atoms with Crippen molar-refractivity contribution in [2.45, 2.75) is 50.9 Å². The number of nitrogens with one attached hydrogen (secondary N) is 1. The summed E-state index contributed by atoms with van der Waals surface area (Å²) in [5.41, 5.74) is 0.960. The fourth-order valence-corrected chi connectivity index (χ4v) is 2.62. The first kappa shape index (κ1) is 17.3. The van der Waals surface area contributed by atoms with Crippen LogP contribution in [0, 0.1) is 0 Å². The molecule has 2 N–H and O–H groups in total. The quantitative estimate of drug-likeness (QED) is 0.754. The third-order valence-corrected chi connectivity index (χ3v) is 3.81. The highest BCUT2D eigenvalue weighted by Crippen LogP contribution is 2.20. The van der Waals surface area contributed by atoms with Gasteiger partial charge in [0.2, 0.25) is 0 Å². The van der Waals surface area contributed by atoms with Gasteiger partial charge in [-0.25, -0.2) is 9.59 Å². The molecule has 1 aliphatic carbocycles. The van der Waals surface area contributed by atoms with Crippen molar-refractivity contribution in [3.8, 4) is 0 Å². The molecule has 0 heterocycles. The van der Waals surface area contributed by atoms with Crippen molar-refractivity contribution in [3.05, 3.63) is 35.9 Å². The molecule has 2 rings (SSSR count). The Morgan fingerprint density at radius 3 is 2.52 bits per heavy atom. The van der Waals surface area contributed by atoms with Crippen molar-refractivity contribution in [1.29, 1.82) is 0 Å². The van der Waals surface area contributed by atoms with Crippen LogP contribution in [0.5, 0.6) is 0 Å². The first-order valence-electron chi connectivity index (χ1n) is 7.97. The van der Waals surface area contributed by atoms with Gasteiger partial charge in [-0.3, -0.25) is 0 Å². The van der Waals surface area contributed by atoms with Crippen molar-refractivity contribution in [3.63, 3.8) is 0 Å². The normalized spacial score (nSPS) is 16.5. The number of benzene rings is 1. The van der Waals surface area contributed by atoms with Gasteiger partial charge >= 0.3 is 12.1 Å². The van der Waals surface area contributed by atoms with Crippen molar-refractivity contribution >= 4 is 12.1 Å². The van der Waals surface area contributed by atoms with Crippen molar-refractivity contribution in [2.24, 2.45) is 0 Å². The summed E-state index contributed by atoms with van der Waals surface area (Å²) in [4.78, 5) is 23.0. The lowest BCUT2D eigenvalue weighted by molar-refractivity contribution is -0.154. The highest BCUT2D eigenvalue weighted by molar-refractivity contribution is 5.81. The zero-order valence-corrected chi connectivity index (χ0v) is 13.1. The topological polar surface area (TPSA) is 84.9 Å². The summed E-state index contributed by atoms with van der Waals surface area (Å²) in [6.07, 6.45) is 3.55. The molecule has 23 heavy (non-hydrogen) atoms. The number of ether oxygens (including phenoxy) is 2. The average molecular weight is 321 g/mol. The smallest absolute Gasteiger partial charge is 0.405 e. The molecule has 1 aromatic rings. The number of rotatable bonds is 7. The predicted molar refractivity (Wildman–Crippen MR) is 84.0 cm³/mol. The molecule has 0 aromatic heterocycles. The average Bonchev–Trinajstić information content (AvgIpc) is 2.55. The van der Waals surface area contributed by atoms with E-state index in [1.54, 1.807) is 0 Å². The molecule has 1 amide bonds. The Morgan fingerprint density at radius 1 is 1.17 bits per heavy atom. The van der Waals surface area contributed by atoms with Gasteiger partial charge in [-0.1, -0.05) is 36.8 Å². The highest BCUT2D eigenvalue weighted by atomic mass is 16.5. The van der Waals surface area contributed by atoms with E-state index in [2.05, 4.69) is 5.32 Å². The SMILES string of the molecule is O=C(O)N[C@@H](COCc1ccccc1)C(=O)OC1CCCCC1. The fraction of sp³-hybridized carbons (Fsp3) is 0.529. The van der Waals surface area contributed by atoms with Crippen molar-refractivity contribution < 1.29 is 24.2 Å². The van der Waals surface area contributed by atoms with Crippen molar-refractivity contribution in [2.75, 3.05) is 6.61 Å². The lowest BCUT2D eigenvalue weighted by Gasteiger charge is -2.24. The number of carboxylic acid groups (broad SMARTS) is 1. The molecule has 126 valence electrons. The van der Waals surface area contributed by atoms with E-state index in [1.165, 1.54) is 0 Å². The maximum Gasteiger partial charge on any atom is 0.405 e. The summed E-state index contributed by atoms with van der Waals surface area (Å²) in [5, 5.41) is 11.1. The number of hydrogen-bond donors (Lipinski definition) is 2. The second-order valence-corrected chi connectivity index (χ2v) is 5.70. The minimum Gasteiger partial charge on any atom is -0.465 e. The van der Waals surface area contributed by atoms with E-state index < -0.39 is 18.1 Å². The Bertz CT molecular complexity index is 499. The molecule has 0 unspecified atom stereocenters. The van der Waals surface area contributed by atoms with Gasteiger partial charge in [0.15, 0.2) is 6.04 Å². The van der Waals surface area contributed by atoms with E-state index in [-0.39, 0.29) is 12.7 Å². The number of esters is 1. The lowest BCUT2D eigenvalue weighted by atomic mass is 9.98. The highest BCUT2D eigenvalue weighted by Gasteiger charge is 2.26. The molecule has 1 saturated carbocycles. The molecule has 6 heteroatoms. The van der Waals surface area contributed by atoms with Gasteiger partial charge in [-0.2, -0.15) is 0 Å². The molecule has 0 radical (unpaired) electrons. The first-order chi connectivity index (χ1) is 11.1. The molecule has 0 aliphatic heterocycles. The Morgan fingerprint density at radius 2 is 1.87 bits per heavy atom. The van der Waals surface area contributed by atoms with Gasteiger partial charge in [0.1, 0.15) is 6.10 Å². The minimum absolute atomic E-state index is 0.0489. The second kappa shape index (κ2) is 9.15. The summed E-state index contributed by atoms with van der Waals surface area (Å²) in [6, 6.07) is 8.49. The van der Waals surface area contributed by atoms with Crippen molar-refractivity contribution in [1.82, 2.24) is 5.32 Å². The third-order valence-electron chi connectivity index (χ3n) is 3.81. The molecule has 0 spiro atoms. The largest absolute Gasteiger partial charge is 0.465 e. The van der Waals surface area contributed by atoms with Gasteiger partial charge in [0.25, 0.3) is 0 Å². The Labute approximate surface area is 135 Å². The number of carbonyl (C=O) groups is 2. The van der Waals surface area contributed by atoms with Gasteiger partial charge in [0, 0.05) is 0 Å². The molecule has 0 saturated heterocycles. The Balaban J connectivity index is 1.82. The minimum atomic E-state index is -1.26. The van der Waals surface area contributed by atoms with Gasteiger partial charge in [-0.05, 0) is 31.2 Å². The maximum atomic E-state index is 12.2. The van der Waals surface area contributed by atoms with Crippen LogP contribution in [0.4, 0.5) is 4.79 Å². The summed E-state index contributed by atoms with van der Waals surface area (Å²) < 4.78 is 10.9. The van der Waals surface area contributed by atoms with Crippen LogP contribution in [0.2, 0.25) is 0 Å². The molecule has 1 atom stereocenters. The summed E-state index contributed by atoms with van der Waals surface area (Å²) >= 11 is 0. The standard InChI is InChI=1S/C17H23NO5/c19-16(23-14-9-5-2-6-10-14)15(18-17(20)21)12-22-11-13-7-3-1-4-8-13/h1,3-4,7-8,14-15,18H,2,5-6,9-12H2,(H,20,21)/t15-/m0/s1. The van der Waals surface area contributed by atoms with Crippen LogP contribution in [0.25, 0.3) is 0 Å². The van der Waals surface area contributed by atoms with E-state index in [0.717, 1.165) is 37.7 Å². The Hall–Kier alpha value is -2.08. The zero-order chi connectivity index (χ0) is 16.5. The van der Waals surface area contributed by atoms with Gasteiger partial charge in [-0.15, -0.1) is 0 Å². The molecule has 1 aromatic carbocycles. The molecule has 0 bridgehead atoms. The molecule has 1 aliphatic rings. The van der Waals surface area contributed by atoms with Crippen LogP contribution in [-0.4, -0.2) is 35.9 Å². The monoisotopic (exact) mass is 321 g/mol. The van der Waals surface area contributed by atoms with E-state index in [9.17, 15) is 9.59 Å². The Kier molecular flexibility index (Phi) is 6.87. The van der Waals surface area contributed by atoms with E-state index >= 15 is 0 Å². The van der Waals surface area contributed by atoms with Crippen LogP contribution in [0.3, 0.4) is 0 Å². The molecular formula is C17H23NO5. The van der Waals surface area contributed by atoms with E-state index in [1.807, 2.05) is 30.3 Å². The molecule has 6 nitrogen and oxygen atoms in total. The first-order valence-corrected chi connectivity index (χ1v) is 7.97. The molecule has 1 fully saturated rings. The van der Waals surface area contributed by atoms with Gasteiger partial charge < -0.3 is 19.9 Å². The van der Waals surface area contributed by atoms with Crippen LogP contribution >= 0.6 is 0 Å². The second-order valence-electron chi connectivity index (χ2n) is 5.70. The van der Waals surface area contributed by atoms with Crippen LogP contribution in [0.15, 0.2) is 30.3 Å². The maximum absolute atomic E-state index is 12.2. The van der Waals surface area contributed by atoms with E-state index in [0.29, 0.717) is 6.61 Å². The number of carbonyl (C=O) groups excluding carboxylic acids is 1. The number of amides is 1. The fourth-order valence-electron chi connectivity index (χ4n) is 2.62. The molecular weight excluding hydrogens is 298 g/mol. The summed E-state index contributed by atoms with van der Waals surface area (Å²) in [6.45, 7) is 0.266. The van der Waals surface area contributed by atoms with Crippen LogP contribution in [0.1, 0.15) is 37.7 Å². The lowest BCUT2D eigenvalue weighted by Crippen LogP contribution is -2.45. The van der Waals surface area contributed by atoms with Crippen LogP contribution in [-0.2, 0) is 20.9 Å². The zero-order valence-electron chi connectivity index (χ0n) is 13.1. The van der Waals surface area contributed by atoms with Crippen LogP contribution < -0.4 is 5.32 Å². The third kappa shape index (κ3) is 6.28. The summed E-state index contributed by atoms with van der Waals surface area (Å²) in [7, 11) is 0. The van der Waals surface area contributed by atoms with E-state index in [4.69, 9.17) is 14.6 Å². The predicted octanol–water partition coefficient (Wildman–Crippen LogP) is 2.72. The number of hydrogen-bond acceptors (Lipinski definition) is 4.